The monoisotopic (exact) mass is 272 g/mol. The molecule has 0 radical (unpaired) electrons. The Labute approximate surface area is 116 Å². The summed E-state index contributed by atoms with van der Waals surface area (Å²) in [6, 6.07) is -0.524. The quantitative estimate of drug-likeness (QED) is 0.623. The second-order valence-corrected chi connectivity index (χ2v) is 5.82. The molecule has 19 heavy (non-hydrogen) atoms. The van der Waals surface area contributed by atoms with Gasteiger partial charge in [-0.25, -0.2) is 0 Å². The van der Waals surface area contributed by atoms with Crippen molar-refractivity contribution in [1.82, 2.24) is 5.32 Å². The maximum absolute atomic E-state index is 11.7. The molecule has 0 aliphatic carbocycles. The van der Waals surface area contributed by atoms with Gasteiger partial charge in [0.05, 0.1) is 6.04 Å². The fourth-order valence-electron chi connectivity index (χ4n) is 1.74. The lowest BCUT2D eigenvalue weighted by Crippen LogP contribution is -2.43. The molecule has 0 aromatic rings. The van der Waals surface area contributed by atoms with Crippen LogP contribution in [0.2, 0.25) is 0 Å². The molecular formula is C14H28N2O3. The first-order valence-corrected chi connectivity index (χ1v) is 6.89. The van der Waals surface area contributed by atoms with Crippen LogP contribution in [0.1, 0.15) is 47.5 Å². The van der Waals surface area contributed by atoms with Gasteiger partial charge in [-0.15, -0.1) is 0 Å². The number of ether oxygens (including phenoxy) is 1. The topological polar surface area (TPSA) is 81.4 Å². The van der Waals surface area contributed by atoms with Crippen molar-refractivity contribution >= 4 is 11.7 Å². The van der Waals surface area contributed by atoms with Crippen LogP contribution < -0.4 is 11.1 Å². The third-order valence-corrected chi connectivity index (χ3v) is 2.73. The van der Waals surface area contributed by atoms with Gasteiger partial charge < -0.3 is 15.8 Å². The van der Waals surface area contributed by atoms with Gasteiger partial charge in [0.1, 0.15) is 12.8 Å². The van der Waals surface area contributed by atoms with E-state index in [-0.39, 0.29) is 18.4 Å². The van der Waals surface area contributed by atoms with Gasteiger partial charge in [-0.3, -0.25) is 9.59 Å². The highest BCUT2D eigenvalue weighted by Gasteiger charge is 2.18. The standard InChI is InChI=1S/C14H28N2O3/c1-9(2)6-12(15)14(18)16-8-19-13(11(5)17)7-10(3)4/h9-10,12-13H,6-8,15H2,1-5H3,(H,16,18)/t12-,13?/m0/s1. The van der Waals surface area contributed by atoms with Crippen molar-refractivity contribution in [2.24, 2.45) is 17.6 Å². The molecule has 0 rings (SSSR count). The van der Waals surface area contributed by atoms with Crippen LogP contribution in [-0.2, 0) is 14.3 Å². The molecule has 0 fully saturated rings. The summed E-state index contributed by atoms with van der Waals surface area (Å²) in [7, 11) is 0. The third-order valence-electron chi connectivity index (χ3n) is 2.73. The van der Waals surface area contributed by atoms with E-state index in [1.54, 1.807) is 0 Å². The van der Waals surface area contributed by atoms with E-state index in [4.69, 9.17) is 10.5 Å². The zero-order valence-electron chi connectivity index (χ0n) is 12.7. The SMILES string of the molecule is CC(=O)C(CC(C)C)OCNC(=O)[C@@H](N)CC(C)C. The predicted octanol–water partition coefficient (Wildman–Crippen LogP) is 1.45. The molecular weight excluding hydrogens is 244 g/mol. The van der Waals surface area contributed by atoms with E-state index < -0.39 is 12.1 Å². The Kier molecular flexibility index (Phi) is 8.59. The van der Waals surface area contributed by atoms with E-state index in [2.05, 4.69) is 5.32 Å². The molecule has 0 bridgehead atoms. The van der Waals surface area contributed by atoms with Crippen LogP contribution in [0.25, 0.3) is 0 Å². The average molecular weight is 272 g/mol. The van der Waals surface area contributed by atoms with E-state index in [1.165, 1.54) is 6.92 Å². The van der Waals surface area contributed by atoms with Crippen LogP contribution in [0.3, 0.4) is 0 Å². The van der Waals surface area contributed by atoms with E-state index >= 15 is 0 Å². The van der Waals surface area contributed by atoms with E-state index in [1.807, 2.05) is 27.7 Å². The molecule has 0 aliphatic heterocycles. The van der Waals surface area contributed by atoms with Crippen molar-refractivity contribution in [2.75, 3.05) is 6.73 Å². The molecule has 0 aromatic heterocycles. The Bertz CT molecular complexity index is 290. The average Bonchev–Trinajstić information content (AvgIpc) is 2.25. The van der Waals surface area contributed by atoms with Crippen LogP contribution in [-0.4, -0.2) is 30.6 Å². The van der Waals surface area contributed by atoms with Gasteiger partial charge in [0.2, 0.25) is 5.91 Å². The van der Waals surface area contributed by atoms with Gasteiger partial charge in [0.15, 0.2) is 5.78 Å². The highest BCUT2D eigenvalue weighted by atomic mass is 16.5. The van der Waals surface area contributed by atoms with Crippen molar-refractivity contribution < 1.29 is 14.3 Å². The number of ketones is 1. The minimum absolute atomic E-state index is 0.0190. The summed E-state index contributed by atoms with van der Waals surface area (Å²) < 4.78 is 5.40. The number of hydrogen-bond acceptors (Lipinski definition) is 4. The van der Waals surface area contributed by atoms with E-state index in [0.29, 0.717) is 24.7 Å². The molecule has 1 unspecified atom stereocenters. The number of carbonyl (C=O) groups excluding carboxylic acids is 2. The van der Waals surface area contributed by atoms with Crippen molar-refractivity contribution in [3.63, 3.8) is 0 Å². The van der Waals surface area contributed by atoms with Crippen LogP contribution in [0.5, 0.6) is 0 Å². The minimum Gasteiger partial charge on any atom is -0.350 e. The number of rotatable bonds is 9. The lowest BCUT2D eigenvalue weighted by Gasteiger charge is -2.19. The van der Waals surface area contributed by atoms with Gasteiger partial charge in [-0.1, -0.05) is 27.7 Å². The molecule has 0 saturated heterocycles. The van der Waals surface area contributed by atoms with Crippen molar-refractivity contribution in [2.45, 2.75) is 59.6 Å². The van der Waals surface area contributed by atoms with Crippen molar-refractivity contribution in [3.8, 4) is 0 Å². The smallest absolute Gasteiger partial charge is 0.238 e. The number of Topliss-reactive ketones (excluding diaryl/α,β-unsaturated/α-hetero) is 1. The third kappa shape index (κ3) is 8.72. The second kappa shape index (κ2) is 9.04. The molecule has 5 nitrogen and oxygen atoms in total. The zero-order chi connectivity index (χ0) is 15.0. The zero-order valence-corrected chi connectivity index (χ0v) is 12.7. The Morgan fingerprint density at radius 2 is 1.63 bits per heavy atom. The Morgan fingerprint density at radius 1 is 1.11 bits per heavy atom. The van der Waals surface area contributed by atoms with Crippen LogP contribution in [0.4, 0.5) is 0 Å². The summed E-state index contributed by atoms with van der Waals surface area (Å²) >= 11 is 0. The molecule has 0 aromatic carbocycles. The summed E-state index contributed by atoms with van der Waals surface area (Å²) in [5.74, 6) is 0.482. The molecule has 1 amide bonds. The number of carbonyl (C=O) groups is 2. The molecule has 3 N–H and O–H groups in total. The maximum Gasteiger partial charge on any atom is 0.238 e. The van der Waals surface area contributed by atoms with Crippen LogP contribution >= 0.6 is 0 Å². The summed E-state index contributed by atoms with van der Waals surface area (Å²) in [4.78, 5) is 23.0. The fraction of sp³-hybridized carbons (Fsp3) is 0.857. The molecule has 0 spiro atoms. The summed E-state index contributed by atoms with van der Waals surface area (Å²) in [6.07, 6.45) is 0.832. The fourth-order valence-corrected chi connectivity index (χ4v) is 1.74. The maximum atomic E-state index is 11.7. The molecule has 0 heterocycles. The molecule has 0 aliphatic rings. The lowest BCUT2D eigenvalue weighted by molar-refractivity contribution is -0.133. The highest BCUT2D eigenvalue weighted by Crippen LogP contribution is 2.09. The van der Waals surface area contributed by atoms with E-state index in [0.717, 1.165) is 0 Å². The molecule has 112 valence electrons. The minimum atomic E-state index is -0.524. The highest BCUT2D eigenvalue weighted by molar-refractivity contribution is 5.81. The Hall–Kier alpha value is -0.940. The largest absolute Gasteiger partial charge is 0.350 e. The van der Waals surface area contributed by atoms with Crippen LogP contribution in [0, 0.1) is 11.8 Å². The van der Waals surface area contributed by atoms with Crippen LogP contribution in [0.15, 0.2) is 0 Å². The number of nitrogens with two attached hydrogens (primary N) is 1. The van der Waals surface area contributed by atoms with E-state index in [9.17, 15) is 9.59 Å². The summed E-state index contributed by atoms with van der Waals surface area (Å²) in [6.45, 7) is 9.60. The lowest BCUT2D eigenvalue weighted by atomic mass is 10.0. The summed E-state index contributed by atoms with van der Waals surface area (Å²) in [5, 5.41) is 2.61. The Morgan fingerprint density at radius 3 is 2.05 bits per heavy atom. The second-order valence-electron chi connectivity index (χ2n) is 5.82. The first-order valence-electron chi connectivity index (χ1n) is 6.89. The first-order chi connectivity index (χ1) is 8.73. The van der Waals surface area contributed by atoms with Crippen molar-refractivity contribution in [1.29, 1.82) is 0 Å². The predicted molar refractivity (Wildman–Crippen MR) is 75.4 cm³/mol. The number of hydrogen-bond donors (Lipinski definition) is 2. The number of nitrogens with one attached hydrogen (secondary N) is 1. The number of amides is 1. The van der Waals surface area contributed by atoms with Gasteiger partial charge in [0, 0.05) is 0 Å². The van der Waals surface area contributed by atoms with Gasteiger partial charge in [-0.2, -0.15) is 0 Å². The van der Waals surface area contributed by atoms with Crippen molar-refractivity contribution in [3.05, 3.63) is 0 Å². The molecule has 2 atom stereocenters. The first kappa shape index (κ1) is 18.1. The normalized spacial score (nSPS) is 14.5. The molecule has 5 heteroatoms. The molecule has 0 saturated carbocycles. The Balaban J connectivity index is 4.05. The van der Waals surface area contributed by atoms with Gasteiger partial charge in [-0.05, 0) is 31.6 Å². The van der Waals surface area contributed by atoms with Gasteiger partial charge in [0.25, 0.3) is 0 Å². The summed E-state index contributed by atoms with van der Waals surface area (Å²) in [5.41, 5.74) is 5.74. The van der Waals surface area contributed by atoms with Gasteiger partial charge >= 0.3 is 0 Å².